The standard InChI is InChI=1S/C15H15ClFNO/c1-10(11-5-7-13(17)8-6-11)18-9-12-3-2-4-14(16)15(12)19/h2-8,10,18-19H,9H2,1H3/t10-/m1/s1. The highest BCUT2D eigenvalue weighted by Gasteiger charge is 2.08. The number of rotatable bonds is 4. The van der Waals surface area contributed by atoms with Gasteiger partial charge in [0.25, 0.3) is 0 Å². The summed E-state index contributed by atoms with van der Waals surface area (Å²) in [5.41, 5.74) is 1.73. The fourth-order valence-electron chi connectivity index (χ4n) is 1.84. The van der Waals surface area contributed by atoms with Gasteiger partial charge in [-0.3, -0.25) is 0 Å². The minimum absolute atomic E-state index is 0.0546. The topological polar surface area (TPSA) is 32.3 Å². The van der Waals surface area contributed by atoms with Gasteiger partial charge < -0.3 is 10.4 Å². The monoisotopic (exact) mass is 279 g/mol. The largest absolute Gasteiger partial charge is 0.506 e. The highest BCUT2D eigenvalue weighted by atomic mass is 35.5. The Kier molecular flexibility index (Phi) is 4.40. The van der Waals surface area contributed by atoms with E-state index < -0.39 is 0 Å². The molecule has 0 bridgehead atoms. The van der Waals surface area contributed by atoms with Crippen molar-refractivity contribution in [2.24, 2.45) is 0 Å². The van der Waals surface area contributed by atoms with E-state index in [4.69, 9.17) is 11.6 Å². The summed E-state index contributed by atoms with van der Waals surface area (Å²) in [5, 5.41) is 13.4. The van der Waals surface area contributed by atoms with E-state index in [-0.39, 0.29) is 17.6 Å². The van der Waals surface area contributed by atoms with Crippen LogP contribution in [-0.4, -0.2) is 5.11 Å². The number of halogens is 2. The van der Waals surface area contributed by atoms with E-state index >= 15 is 0 Å². The third-order valence-corrected chi connectivity index (χ3v) is 3.34. The molecule has 0 radical (unpaired) electrons. The lowest BCUT2D eigenvalue weighted by atomic mass is 10.1. The van der Waals surface area contributed by atoms with Gasteiger partial charge in [0.05, 0.1) is 5.02 Å². The second-order valence-corrected chi connectivity index (χ2v) is 4.81. The van der Waals surface area contributed by atoms with Crippen molar-refractivity contribution in [2.45, 2.75) is 19.5 Å². The van der Waals surface area contributed by atoms with E-state index in [1.165, 1.54) is 12.1 Å². The van der Waals surface area contributed by atoms with Crippen molar-refractivity contribution in [3.8, 4) is 5.75 Å². The van der Waals surface area contributed by atoms with Crippen LogP contribution in [0.15, 0.2) is 42.5 Å². The number of hydrogen-bond donors (Lipinski definition) is 2. The maximum absolute atomic E-state index is 12.8. The van der Waals surface area contributed by atoms with Crippen molar-refractivity contribution in [3.63, 3.8) is 0 Å². The van der Waals surface area contributed by atoms with Gasteiger partial charge in [0.15, 0.2) is 0 Å². The Bertz CT molecular complexity index is 557. The Morgan fingerprint density at radius 3 is 2.58 bits per heavy atom. The van der Waals surface area contributed by atoms with Crippen molar-refractivity contribution in [1.82, 2.24) is 5.32 Å². The Balaban J connectivity index is 2.02. The van der Waals surface area contributed by atoms with Crippen LogP contribution in [0.25, 0.3) is 0 Å². The Hall–Kier alpha value is -1.58. The van der Waals surface area contributed by atoms with Crippen LogP contribution in [0.1, 0.15) is 24.1 Å². The molecule has 19 heavy (non-hydrogen) atoms. The van der Waals surface area contributed by atoms with Crippen LogP contribution in [0.2, 0.25) is 5.02 Å². The molecule has 0 aliphatic heterocycles. The number of phenols is 1. The minimum Gasteiger partial charge on any atom is -0.506 e. The number of para-hydroxylation sites is 1. The van der Waals surface area contributed by atoms with Crippen LogP contribution in [0.4, 0.5) is 4.39 Å². The Labute approximate surface area is 116 Å². The molecule has 4 heteroatoms. The summed E-state index contributed by atoms with van der Waals surface area (Å²) in [6, 6.07) is 11.7. The first-order valence-electron chi connectivity index (χ1n) is 6.03. The summed E-state index contributed by atoms with van der Waals surface area (Å²) >= 11 is 5.84. The molecule has 0 heterocycles. The summed E-state index contributed by atoms with van der Waals surface area (Å²) in [6.07, 6.45) is 0. The molecule has 0 spiro atoms. The summed E-state index contributed by atoms with van der Waals surface area (Å²) in [6.45, 7) is 2.47. The van der Waals surface area contributed by atoms with E-state index in [9.17, 15) is 9.50 Å². The van der Waals surface area contributed by atoms with Gasteiger partial charge >= 0.3 is 0 Å². The summed E-state index contributed by atoms with van der Waals surface area (Å²) in [4.78, 5) is 0. The summed E-state index contributed by atoms with van der Waals surface area (Å²) in [7, 11) is 0. The number of aromatic hydroxyl groups is 1. The lowest BCUT2D eigenvalue weighted by Crippen LogP contribution is -2.18. The number of nitrogens with one attached hydrogen (secondary N) is 1. The van der Waals surface area contributed by atoms with Gasteiger partial charge in [-0.2, -0.15) is 0 Å². The minimum atomic E-state index is -0.247. The second-order valence-electron chi connectivity index (χ2n) is 4.40. The fraction of sp³-hybridized carbons (Fsp3) is 0.200. The lowest BCUT2D eigenvalue weighted by Gasteiger charge is -2.15. The maximum Gasteiger partial charge on any atom is 0.138 e. The van der Waals surface area contributed by atoms with E-state index in [2.05, 4.69) is 5.32 Å². The smallest absolute Gasteiger partial charge is 0.138 e. The van der Waals surface area contributed by atoms with Gasteiger partial charge in [-0.1, -0.05) is 35.9 Å². The molecule has 0 saturated heterocycles. The van der Waals surface area contributed by atoms with E-state index in [0.717, 1.165) is 11.1 Å². The quantitative estimate of drug-likeness (QED) is 0.885. The van der Waals surface area contributed by atoms with Gasteiger partial charge in [-0.05, 0) is 30.7 Å². The number of phenolic OH excluding ortho intramolecular Hbond substituents is 1. The lowest BCUT2D eigenvalue weighted by molar-refractivity contribution is 0.460. The van der Waals surface area contributed by atoms with Gasteiger partial charge in [0.2, 0.25) is 0 Å². The zero-order chi connectivity index (χ0) is 13.8. The van der Waals surface area contributed by atoms with Crippen molar-refractivity contribution < 1.29 is 9.50 Å². The van der Waals surface area contributed by atoms with Crippen LogP contribution in [-0.2, 0) is 6.54 Å². The third kappa shape index (κ3) is 3.46. The zero-order valence-electron chi connectivity index (χ0n) is 10.5. The Morgan fingerprint density at radius 2 is 1.89 bits per heavy atom. The molecule has 0 aromatic heterocycles. The first kappa shape index (κ1) is 13.8. The molecule has 2 N–H and O–H groups in total. The molecule has 2 aromatic rings. The summed E-state index contributed by atoms with van der Waals surface area (Å²) < 4.78 is 12.8. The van der Waals surface area contributed by atoms with Crippen LogP contribution in [0.3, 0.4) is 0 Å². The predicted octanol–water partition coefficient (Wildman–Crippen LogP) is 4.04. The predicted molar refractivity (Wildman–Crippen MR) is 74.8 cm³/mol. The van der Waals surface area contributed by atoms with Crippen molar-refractivity contribution in [2.75, 3.05) is 0 Å². The average molecular weight is 280 g/mol. The van der Waals surface area contributed by atoms with Gasteiger partial charge in [-0.25, -0.2) is 4.39 Å². The van der Waals surface area contributed by atoms with Crippen molar-refractivity contribution >= 4 is 11.6 Å². The summed E-state index contributed by atoms with van der Waals surface area (Å²) in [5.74, 6) is -0.147. The van der Waals surface area contributed by atoms with Crippen LogP contribution in [0, 0.1) is 5.82 Å². The average Bonchev–Trinajstić information content (AvgIpc) is 2.41. The molecule has 1 atom stereocenters. The Morgan fingerprint density at radius 1 is 1.21 bits per heavy atom. The highest BCUT2D eigenvalue weighted by molar-refractivity contribution is 6.32. The fourth-order valence-corrected chi connectivity index (χ4v) is 2.03. The normalized spacial score (nSPS) is 12.4. The van der Waals surface area contributed by atoms with Gasteiger partial charge in [0.1, 0.15) is 11.6 Å². The van der Waals surface area contributed by atoms with E-state index in [1.54, 1.807) is 24.3 Å². The molecule has 0 amide bonds. The maximum atomic E-state index is 12.8. The van der Waals surface area contributed by atoms with E-state index in [1.807, 2.05) is 13.0 Å². The second kappa shape index (κ2) is 6.04. The highest BCUT2D eigenvalue weighted by Crippen LogP contribution is 2.27. The molecule has 2 rings (SSSR count). The first-order valence-corrected chi connectivity index (χ1v) is 6.41. The molecule has 2 aromatic carbocycles. The van der Waals surface area contributed by atoms with Gasteiger partial charge in [0, 0.05) is 18.2 Å². The molecule has 0 fully saturated rings. The van der Waals surface area contributed by atoms with Crippen molar-refractivity contribution in [1.29, 1.82) is 0 Å². The number of hydrogen-bond acceptors (Lipinski definition) is 2. The van der Waals surface area contributed by atoms with Crippen LogP contribution < -0.4 is 5.32 Å². The van der Waals surface area contributed by atoms with Crippen LogP contribution >= 0.6 is 11.6 Å². The SMILES string of the molecule is C[C@@H](NCc1cccc(Cl)c1O)c1ccc(F)cc1. The molecule has 2 nitrogen and oxygen atoms in total. The molecule has 100 valence electrons. The van der Waals surface area contributed by atoms with Crippen LogP contribution in [0.5, 0.6) is 5.75 Å². The van der Waals surface area contributed by atoms with Crippen molar-refractivity contribution in [3.05, 3.63) is 64.4 Å². The molecule has 0 aliphatic carbocycles. The zero-order valence-corrected chi connectivity index (χ0v) is 11.3. The molecular weight excluding hydrogens is 265 g/mol. The molecule has 0 saturated carbocycles. The number of benzene rings is 2. The third-order valence-electron chi connectivity index (χ3n) is 3.04. The molecular formula is C15H15ClFNO. The molecule has 0 aliphatic rings. The van der Waals surface area contributed by atoms with Gasteiger partial charge in [-0.15, -0.1) is 0 Å². The molecule has 0 unspecified atom stereocenters. The first-order chi connectivity index (χ1) is 9.08. The van der Waals surface area contributed by atoms with E-state index in [0.29, 0.717) is 11.6 Å².